The minimum absolute atomic E-state index is 0.255. The lowest BCUT2D eigenvalue weighted by Crippen LogP contribution is -2.29. The molecule has 0 radical (unpaired) electrons. The number of aromatic nitrogens is 3. The molecule has 2 aromatic heterocycles. The number of pyridine rings is 1. The average Bonchev–Trinajstić information content (AvgIpc) is 3.21. The van der Waals surface area contributed by atoms with Gasteiger partial charge in [-0.3, -0.25) is 4.90 Å². The van der Waals surface area contributed by atoms with Crippen LogP contribution in [0.3, 0.4) is 0 Å². The smallest absolute Gasteiger partial charge is 0.153 e. The van der Waals surface area contributed by atoms with Crippen LogP contribution in [-0.2, 0) is 6.54 Å². The highest BCUT2D eigenvalue weighted by molar-refractivity contribution is 5.47. The van der Waals surface area contributed by atoms with Crippen LogP contribution in [0.5, 0.6) is 11.5 Å². The first-order valence-corrected chi connectivity index (χ1v) is 10.2. The summed E-state index contributed by atoms with van der Waals surface area (Å²) in [6.45, 7) is 1.90. The van der Waals surface area contributed by atoms with Gasteiger partial charge in [-0.25, -0.2) is 9.67 Å². The van der Waals surface area contributed by atoms with Crippen molar-refractivity contribution in [3.05, 3.63) is 66.1 Å². The van der Waals surface area contributed by atoms with E-state index in [0.29, 0.717) is 0 Å². The van der Waals surface area contributed by atoms with Crippen molar-refractivity contribution in [2.45, 2.75) is 38.3 Å². The van der Waals surface area contributed by atoms with Gasteiger partial charge in [-0.15, -0.1) is 0 Å². The molecule has 1 aliphatic rings. The fourth-order valence-corrected chi connectivity index (χ4v) is 4.22. The van der Waals surface area contributed by atoms with Gasteiger partial charge in [-0.05, 0) is 55.3 Å². The predicted octanol–water partition coefficient (Wildman–Crippen LogP) is 4.40. The Labute approximate surface area is 172 Å². The maximum atomic E-state index is 5.72. The zero-order chi connectivity index (χ0) is 20.1. The summed E-state index contributed by atoms with van der Waals surface area (Å²) >= 11 is 0. The van der Waals surface area contributed by atoms with E-state index in [2.05, 4.69) is 27.1 Å². The first-order valence-electron chi connectivity index (χ1n) is 10.2. The number of likely N-dealkylation sites (tertiary alicyclic amines) is 1. The third-order valence-corrected chi connectivity index (χ3v) is 5.60. The first kappa shape index (κ1) is 19.5. The largest absolute Gasteiger partial charge is 0.496 e. The van der Waals surface area contributed by atoms with Gasteiger partial charge < -0.3 is 9.47 Å². The lowest BCUT2D eigenvalue weighted by Gasteiger charge is -2.32. The van der Waals surface area contributed by atoms with Gasteiger partial charge in [-0.1, -0.05) is 18.9 Å². The predicted molar refractivity (Wildman–Crippen MR) is 113 cm³/mol. The molecule has 1 unspecified atom stereocenters. The van der Waals surface area contributed by atoms with E-state index in [9.17, 15) is 0 Å². The number of ether oxygens (including phenoxy) is 2. The molecule has 0 aliphatic carbocycles. The van der Waals surface area contributed by atoms with Crippen LogP contribution in [0.2, 0.25) is 0 Å². The minimum atomic E-state index is 0.255. The molecule has 152 valence electrons. The van der Waals surface area contributed by atoms with Gasteiger partial charge in [-0.2, -0.15) is 5.10 Å². The Morgan fingerprint density at radius 2 is 1.83 bits per heavy atom. The highest BCUT2D eigenvalue weighted by Crippen LogP contribution is 2.41. The molecule has 6 nitrogen and oxygen atoms in total. The summed E-state index contributed by atoms with van der Waals surface area (Å²) < 4.78 is 13.2. The molecule has 0 saturated carbocycles. The zero-order valence-corrected chi connectivity index (χ0v) is 17.1. The topological polar surface area (TPSA) is 52.4 Å². The molecular formula is C23H28N4O2. The van der Waals surface area contributed by atoms with E-state index in [1.807, 2.05) is 36.7 Å². The maximum absolute atomic E-state index is 5.72. The van der Waals surface area contributed by atoms with Gasteiger partial charge in [0.05, 0.1) is 19.8 Å². The summed E-state index contributed by atoms with van der Waals surface area (Å²) in [6, 6.07) is 12.4. The second kappa shape index (κ2) is 9.09. The molecule has 1 aliphatic heterocycles. The molecule has 0 amide bonds. The number of methoxy groups -OCH3 is 2. The highest BCUT2D eigenvalue weighted by atomic mass is 16.5. The monoisotopic (exact) mass is 392 g/mol. The van der Waals surface area contributed by atoms with Crippen molar-refractivity contribution in [1.82, 2.24) is 19.7 Å². The summed E-state index contributed by atoms with van der Waals surface area (Å²) in [4.78, 5) is 7.02. The maximum Gasteiger partial charge on any atom is 0.153 e. The van der Waals surface area contributed by atoms with Gasteiger partial charge in [0, 0.05) is 31.2 Å². The van der Waals surface area contributed by atoms with Crippen LogP contribution >= 0.6 is 0 Å². The van der Waals surface area contributed by atoms with Crippen molar-refractivity contribution in [3.8, 4) is 17.3 Å². The van der Waals surface area contributed by atoms with Crippen LogP contribution in [0.25, 0.3) is 5.82 Å². The fraction of sp³-hybridized carbons (Fsp3) is 0.391. The molecule has 1 aromatic carbocycles. The van der Waals surface area contributed by atoms with Gasteiger partial charge in [0.25, 0.3) is 0 Å². The van der Waals surface area contributed by atoms with Gasteiger partial charge >= 0.3 is 0 Å². The van der Waals surface area contributed by atoms with E-state index in [1.54, 1.807) is 25.1 Å². The van der Waals surface area contributed by atoms with Crippen LogP contribution in [0, 0.1) is 0 Å². The van der Waals surface area contributed by atoms with E-state index >= 15 is 0 Å². The van der Waals surface area contributed by atoms with Crippen molar-refractivity contribution >= 4 is 0 Å². The van der Waals surface area contributed by atoms with Gasteiger partial charge in [0.15, 0.2) is 5.82 Å². The lowest BCUT2D eigenvalue weighted by molar-refractivity contribution is 0.184. The van der Waals surface area contributed by atoms with E-state index in [0.717, 1.165) is 42.4 Å². The SMILES string of the molecule is COc1cccc(OC)c1C1CCCCCN1Cc1ccnc(-n2cccn2)c1. The quantitative estimate of drug-likeness (QED) is 0.622. The molecule has 3 aromatic rings. The molecule has 6 heteroatoms. The van der Waals surface area contributed by atoms with E-state index in [-0.39, 0.29) is 6.04 Å². The summed E-state index contributed by atoms with van der Waals surface area (Å²) in [7, 11) is 3.47. The Balaban J connectivity index is 1.66. The summed E-state index contributed by atoms with van der Waals surface area (Å²) in [5.74, 6) is 2.63. The van der Waals surface area contributed by atoms with Gasteiger partial charge in [0.2, 0.25) is 0 Å². The molecule has 29 heavy (non-hydrogen) atoms. The number of benzene rings is 1. The molecule has 1 atom stereocenters. The average molecular weight is 393 g/mol. The summed E-state index contributed by atoms with van der Waals surface area (Å²) in [5, 5.41) is 4.30. The Hall–Kier alpha value is -2.86. The first-order chi connectivity index (χ1) is 14.3. The third kappa shape index (κ3) is 4.27. The normalized spacial score (nSPS) is 17.7. The number of nitrogens with zero attached hydrogens (tertiary/aromatic N) is 4. The number of rotatable bonds is 6. The molecule has 0 bridgehead atoms. The summed E-state index contributed by atoms with van der Waals surface area (Å²) in [6.07, 6.45) is 10.3. The van der Waals surface area contributed by atoms with Crippen molar-refractivity contribution in [1.29, 1.82) is 0 Å². The van der Waals surface area contributed by atoms with Crippen molar-refractivity contribution in [2.75, 3.05) is 20.8 Å². The molecule has 1 saturated heterocycles. The molecule has 0 N–H and O–H groups in total. The van der Waals surface area contributed by atoms with E-state index in [1.165, 1.54) is 24.8 Å². The Bertz CT molecular complexity index is 904. The van der Waals surface area contributed by atoms with Crippen LogP contribution in [-0.4, -0.2) is 40.4 Å². The van der Waals surface area contributed by atoms with Crippen molar-refractivity contribution in [2.24, 2.45) is 0 Å². The molecular weight excluding hydrogens is 364 g/mol. The second-order valence-corrected chi connectivity index (χ2v) is 7.38. The molecule has 0 spiro atoms. The van der Waals surface area contributed by atoms with Gasteiger partial charge in [0.1, 0.15) is 11.5 Å². The fourth-order valence-electron chi connectivity index (χ4n) is 4.22. The van der Waals surface area contributed by atoms with E-state index in [4.69, 9.17) is 9.47 Å². The minimum Gasteiger partial charge on any atom is -0.496 e. The third-order valence-electron chi connectivity index (χ3n) is 5.60. The standard InChI is InChI=1S/C23H28N4O2/c1-28-20-9-6-10-21(29-2)23(20)19-8-4-3-5-14-26(19)17-18-11-13-24-22(16-18)27-15-7-12-25-27/h6-7,9-13,15-16,19H,3-5,8,14,17H2,1-2H3. The van der Waals surface area contributed by atoms with Crippen LogP contribution in [0.4, 0.5) is 0 Å². The zero-order valence-electron chi connectivity index (χ0n) is 17.1. The molecule has 3 heterocycles. The molecule has 1 fully saturated rings. The van der Waals surface area contributed by atoms with Crippen LogP contribution in [0.1, 0.15) is 42.9 Å². The second-order valence-electron chi connectivity index (χ2n) is 7.38. The van der Waals surface area contributed by atoms with Crippen LogP contribution in [0.15, 0.2) is 55.0 Å². The van der Waals surface area contributed by atoms with Crippen molar-refractivity contribution in [3.63, 3.8) is 0 Å². The van der Waals surface area contributed by atoms with Crippen molar-refractivity contribution < 1.29 is 9.47 Å². The lowest BCUT2D eigenvalue weighted by atomic mass is 9.98. The van der Waals surface area contributed by atoms with Crippen LogP contribution < -0.4 is 9.47 Å². The number of hydrogen-bond donors (Lipinski definition) is 0. The number of hydrogen-bond acceptors (Lipinski definition) is 5. The Kier molecular flexibility index (Phi) is 6.10. The van der Waals surface area contributed by atoms with E-state index < -0.39 is 0 Å². The Morgan fingerprint density at radius 3 is 2.55 bits per heavy atom. The summed E-state index contributed by atoms with van der Waals surface area (Å²) in [5.41, 5.74) is 2.38. The Morgan fingerprint density at radius 1 is 1.00 bits per heavy atom. The molecule has 4 rings (SSSR count). The highest BCUT2D eigenvalue weighted by Gasteiger charge is 2.28.